The zero-order valence-electron chi connectivity index (χ0n) is 12.9. The summed E-state index contributed by atoms with van der Waals surface area (Å²) in [6.45, 7) is 1.82. The van der Waals surface area contributed by atoms with Crippen LogP contribution in [0.4, 0.5) is 10.6 Å². The van der Waals surface area contributed by atoms with Gasteiger partial charge in [0, 0.05) is 32.4 Å². The van der Waals surface area contributed by atoms with E-state index in [4.69, 9.17) is 5.26 Å². The first-order valence-electron chi connectivity index (χ1n) is 7.55. The second-order valence-corrected chi connectivity index (χ2v) is 5.52. The molecule has 2 saturated heterocycles. The van der Waals surface area contributed by atoms with Gasteiger partial charge in [0.05, 0.1) is 18.2 Å². The van der Waals surface area contributed by atoms with Gasteiger partial charge in [0.2, 0.25) is 5.91 Å². The molecule has 0 aromatic carbocycles. The molecule has 9 heteroatoms. The van der Waals surface area contributed by atoms with Crippen LogP contribution in [0.2, 0.25) is 0 Å². The summed E-state index contributed by atoms with van der Waals surface area (Å²) in [5, 5.41) is 11.3. The molecule has 0 aliphatic carbocycles. The molecule has 124 valence electrons. The lowest BCUT2D eigenvalue weighted by Crippen LogP contribution is -2.52. The predicted octanol–water partition coefficient (Wildman–Crippen LogP) is -0.846. The maximum atomic E-state index is 12.3. The van der Waals surface area contributed by atoms with E-state index in [2.05, 4.69) is 16.4 Å². The van der Waals surface area contributed by atoms with E-state index in [-0.39, 0.29) is 24.9 Å². The van der Waals surface area contributed by atoms with Crippen molar-refractivity contribution in [1.29, 1.82) is 5.26 Å². The van der Waals surface area contributed by atoms with E-state index >= 15 is 0 Å². The number of pyridine rings is 1. The lowest BCUT2D eigenvalue weighted by molar-refractivity contribution is -0.136. The lowest BCUT2D eigenvalue weighted by atomic mass is 10.2. The fourth-order valence-corrected chi connectivity index (χ4v) is 2.70. The summed E-state index contributed by atoms with van der Waals surface area (Å²) in [7, 11) is 0. The SMILES string of the molecule is N#Cc1ccnc(N2CCN(C(=O)CN3C(=O)CNC3=O)CC2)c1. The fraction of sp³-hybridized carbons (Fsp3) is 0.400. The third-order valence-electron chi connectivity index (χ3n) is 4.06. The number of anilines is 1. The number of carbonyl (C=O) groups excluding carboxylic acids is 3. The van der Waals surface area contributed by atoms with Gasteiger partial charge >= 0.3 is 6.03 Å². The van der Waals surface area contributed by atoms with Crippen LogP contribution in [0.5, 0.6) is 0 Å². The number of carbonyl (C=O) groups is 3. The topological polar surface area (TPSA) is 110 Å². The molecule has 0 atom stereocenters. The van der Waals surface area contributed by atoms with Gasteiger partial charge in [-0.3, -0.25) is 14.5 Å². The average Bonchev–Trinajstić information content (AvgIpc) is 2.94. The van der Waals surface area contributed by atoms with Gasteiger partial charge < -0.3 is 15.1 Å². The largest absolute Gasteiger partial charge is 0.353 e. The number of nitriles is 1. The first-order valence-corrected chi connectivity index (χ1v) is 7.55. The molecule has 2 aliphatic heterocycles. The molecule has 1 aromatic rings. The molecule has 2 fully saturated rings. The fourth-order valence-electron chi connectivity index (χ4n) is 2.70. The van der Waals surface area contributed by atoms with Gasteiger partial charge in [-0.1, -0.05) is 0 Å². The highest BCUT2D eigenvalue weighted by molar-refractivity contribution is 6.04. The highest BCUT2D eigenvalue weighted by Crippen LogP contribution is 2.15. The van der Waals surface area contributed by atoms with Crippen molar-refractivity contribution >= 4 is 23.7 Å². The van der Waals surface area contributed by atoms with Gasteiger partial charge in [0.15, 0.2) is 0 Å². The van der Waals surface area contributed by atoms with E-state index in [0.29, 0.717) is 37.6 Å². The van der Waals surface area contributed by atoms with E-state index in [1.165, 1.54) is 0 Å². The van der Waals surface area contributed by atoms with Gasteiger partial charge in [-0.2, -0.15) is 5.26 Å². The summed E-state index contributed by atoms with van der Waals surface area (Å²) in [4.78, 5) is 44.1. The third kappa shape index (κ3) is 3.12. The summed E-state index contributed by atoms with van der Waals surface area (Å²) in [6.07, 6.45) is 1.59. The first-order chi connectivity index (χ1) is 11.6. The smallest absolute Gasteiger partial charge is 0.325 e. The average molecular weight is 328 g/mol. The molecule has 1 aromatic heterocycles. The van der Waals surface area contributed by atoms with E-state index in [1.54, 1.807) is 23.2 Å². The maximum Gasteiger partial charge on any atom is 0.325 e. The molecule has 2 aliphatic rings. The van der Waals surface area contributed by atoms with Crippen LogP contribution >= 0.6 is 0 Å². The second kappa shape index (κ2) is 6.54. The zero-order valence-corrected chi connectivity index (χ0v) is 12.9. The third-order valence-corrected chi connectivity index (χ3v) is 4.06. The van der Waals surface area contributed by atoms with E-state index in [0.717, 1.165) is 4.90 Å². The van der Waals surface area contributed by atoms with Crippen molar-refractivity contribution in [3.05, 3.63) is 23.9 Å². The van der Waals surface area contributed by atoms with Crippen LogP contribution in [0.15, 0.2) is 18.3 Å². The molecule has 0 radical (unpaired) electrons. The van der Waals surface area contributed by atoms with Gasteiger partial charge in [-0.15, -0.1) is 0 Å². The minimum absolute atomic E-state index is 0.0548. The van der Waals surface area contributed by atoms with Crippen LogP contribution < -0.4 is 10.2 Å². The molecule has 4 amide bonds. The number of amides is 4. The Morgan fingerprint density at radius 2 is 2.04 bits per heavy atom. The maximum absolute atomic E-state index is 12.3. The molecule has 9 nitrogen and oxygen atoms in total. The predicted molar refractivity (Wildman–Crippen MR) is 82.9 cm³/mol. The molecular weight excluding hydrogens is 312 g/mol. The Kier molecular flexibility index (Phi) is 4.29. The molecular formula is C15H16N6O3. The summed E-state index contributed by atoms with van der Waals surface area (Å²) in [5.41, 5.74) is 0.539. The van der Waals surface area contributed by atoms with Crippen molar-refractivity contribution in [2.24, 2.45) is 0 Å². The number of hydrogen-bond donors (Lipinski definition) is 1. The van der Waals surface area contributed by atoms with Crippen LogP contribution in [-0.2, 0) is 9.59 Å². The molecule has 3 rings (SSSR count). The van der Waals surface area contributed by atoms with E-state index in [9.17, 15) is 14.4 Å². The Morgan fingerprint density at radius 1 is 1.29 bits per heavy atom. The van der Waals surface area contributed by atoms with Crippen LogP contribution in [0.1, 0.15) is 5.56 Å². The van der Waals surface area contributed by atoms with Crippen LogP contribution in [0.25, 0.3) is 0 Å². The molecule has 1 N–H and O–H groups in total. The normalized spacial score (nSPS) is 17.7. The Morgan fingerprint density at radius 3 is 2.67 bits per heavy atom. The number of piperazine rings is 1. The molecule has 24 heavy (non-hydrogen) atoms. The van der Waals surface area contributed by atoms with Gasteiger partial charge in [-0.25, -0.2) is 9.78 Å². The van der Waals surface area contributed by atoms with Crippen molar-refractivity contribution in [2.75, 3.05) is 44.2 Å². The molecule has 0 unspecified atom stereocenters. The Hall–Kier alpha value is -3.15. The monoisotopic (exact) mass is 328 g/mol. The molecule has 0 spiro atoms. The summed E-state index contributed by atoms with van der Waals surface area (Å²) >= 11 is 0. The summed E-state index contributed by atoms with van der Waals surface area (Å²) in [5.74, 6) is 0.0681. The number of urea groups is 1. The standard InChI is InChI=1S/C15H16N6O3/c16-8-11-1-2-17-12(7-11)19-3-5-20(6-4-19)14(23)10-21-13(22)9-18-15(21)24/h1-2,7H,3-6,9-10H2,(H,18,24). The van der Waals surface area contributed by atoms with Crippen LogP contribution in [0, 0.1) is 11.3 Å². The minimum atomic E-state index is -0.524. The number of nitrogens with zero attached hydrogens (tertiary/aromatic N) is 5. The molecule has 0 saturated carbocycles. The molecule has 0 bridgehead atoms. The molecule has 3 heterocycles. The summed E-state index contributed by atoms with van der Waals surface area (Å²) < 4.78 is 0. The van der Waals surface area contributed by atoms with Crippen molar-refractivity contribution in [2.45, 2.75) is 0 Å². The Labute approximate surface area is 138 Å². The number of rotatable bonds is 3. The van der Waals surface area contributed by atoms with Gasteiger partial charge in [-0.05, 0) is 12.1 Å². The first kappa shape index (κ1) is 15.7. The van der Waals surface area contributed by atoms with Gasteiger partial charge in [0.25, 0.3) is 5.91 Å². The number of nitrogens with one attached hydrogen (secondary N) is 1. The van der Waals surface area contributed by atoms with Crippen molar-refractivity contribution in [1.82, 2.24) is 20.1 Å². The number of imide groups is 1. The highest BCUT2D eigenvalue weighted by atomic mass is 16.2. The van der Waals surface area contributed by atoms with Crippen molar-refractivity contribution < 1.29 is 14.4 Å². The van der Waals surface area contributed by atoms with E-state index < -0.39 is 6.03 Å². The zero-order chi connectivity index (χ0) is 17.1. The summed E-state index contributed by atoms with van der Waals surface area (Å²) in [6, 6.07) is 4.91. The Balaban J connectivity index is 1.56. The number of hydrogen-bond acceptors (Lipinski definition) is 6. The highest BCUT2D eigenvalue weighted by Gasteiger charge is 2.32. The lowest BCUT2D eigenvalue weighted by Gasteiger charge is -2.35. The Bertz CT molecular complexity index is 704. The van der Waals surface area contributed by atoms with E-state index in [1.807, 2.05) is 4.90 Å². The number of aromatic nitrogens is 1. The minimum Gasteiger partial charge on any atom is -0.353 e. The van der Waals surface area contributed by atoms with Crippen molar-refractivity contribution in [3.8, 4) is 6.07 Å². The van der Waals surface area contributed by atoms with Crippen LogP contribution in [-0.4, -0.2) is 71.9 Å². The van der Waals surface area contributed by atoms with Gasteiger partial charge in [0.1, 0.15) is 12.4 Å². The quantitative estimate of drug-likeness (QED) is 0.724. The van der Waals surface area contributed by atoms with Crippen LogP contribution in [0.3, 0.4) is 0 Å². The second-order valence-electron chi connectivity index (χ2n) is 5.52. The van der Waals surface area contributed by atoms with Crippen molar-refractivity contribution in [3.63, 3.8) is 0 Å².